The van der Waals surface area contributed by atoms with Gasteiger partial charge in [0, 0.05) is 18.3 Å². The van der Waals surface area contributed by atoms with Crippen LogP contribution in [0.2, 0.25) is 0 Å². The standard InChI is InChI=1S/C16H16FNO3/c1-2-19-14-6-4-12(8-13(14)17)18-9-11-3-5-15-16(7-11)21-10-20-15/h3-8,18H,2,9-10H2,1H3. The molecular formula is C16H16FNO3. The minimum absolute atomic E-state index is 0.260. The number of ether oxygens (including phenoxy) is 3. The zero-order chi connectivity index (χ0) is 14.7. The van der Waals surface area contributed by atoms with Gasteiger partial charge in [-0.05, 0) is 36.8 Å². The minimum atomic E-state index is -0.368. The number of hydrogen-bond acceptors (Lipinski definition) is 4. The van der Waals surface area contributed by atoms with E-state index in [1.165, 1.54) is 6.07 Å². The van der Waals surface area contributed by atoms with E-state index >= 15 is 0 Å². The van der Waals surface area contributed by atoms with Crippen molar-refractivity contribution in [3.05, 3.63) is 47.8 Å². The molecule has 1 heterocycles. The molecule has 0 saturated heterocycles. The van der Waals surface area contributed by atoms with Crippen molar-refractivity contribution in [2.45, 2.75) is 13.5 Å². The Balaban J connectivity index is 1.66. The van der Waals surface area contributed by atoms with Crippen LogP contribution < -0.4 is 19.5 Å². The molecule has 0 fully saturated rings. The van der Waals surface area contributed by atoms with Gasteiger partial charge in [0.1, 0.15) is 0 Å². The highest BCUT2D eigenvalue weighted by Crippen LogP contribution is 2.32. The van der Waals surface area contributed by atoms with Gasteiger partial charge < -0.3 is 19.5 Å². The first-order chi connectivity index (χ1) is 10.3. The molecule has 110 valence electrons. The van der Waals surface area contributed by atoms with Gasteiger partial charge in [-0.2, -0.15) is 0 Å². The summed E-state index contributed by atoms with van der Waals surface area (Å²) in [5.41, 5.74) is 1.74. The fraction of sp³-hybridized carbons (Fsp3) is 0.250. The second kappa shape index (κ2) is 5.91. The maximum Gasteiger partial charge on any atom is 0.231 e. The van der Waals surface area contributed by atoms with Gasteiger partial charge in [0.05, 0.1) is 6.61 Å². The average molecular weight is 289 g/mol. The third-order valence-corrected chi connectivity index (χ3v) is 3.17. The zero-order valence-electron chi connectivity index (χ0n) is 11.7. The molecule has 0 spiro atoms. The second-order valence-corrected chi connectivity index (χ2v) is 4.62. The van der Waals surface area contributed by atoms with E-state index in [0.29, 0.717) is 18.8 Å². The van der Waals surface area contributed by atoms with Crippen molar-refractivity contribution < 1.29 is 18.6 Å². The van der Waals surface area contributed by atoms with Crippen LogP contribution in [0.4, 0.5) is 10.1 Å². The number of hydrogen-bond donors (Lipinski definition) is 1. The van der Waals surface area contributed by atoms with E-state index in [2.05, 4.69) is 5.32 Å². The van der Waals surface area contributed by atoms with Crippen molar-refractivity contribution >= 4 is 5.69 Å². The third kappa shape index (κ3) is 3.02. The van der Waals surface area contributed by atoms with Crippen molar-refractivity contribution in [2.24, 2.45) is 0 Å². The van der Waals surface area contributed by atoms with Crippen LogP contribution in [-0.4, -0.2) is 13.4 Å². The molecule has 2 aromatic carbocycles. The Hall–Kier alpha value is -2.43. The van der Waals surface area contributed by atoms with Crippen molar-refractivity contribution in [3.63, 3.8) is 0 Å². The number of benzene rings is 2. The molecular weight excluding hydrogens is 273 g/mol. The van der Waals surface area contributed by atoms with Gasteiger partial charge in [0.25, 0.3) is 0 Å². The highest BCUT2D eigenvalue weighted by atomic mass is 19.1. The van der Waals surface area contributed by atoms with Gasteiger partial charge in [-0.15, -0.1) is 0 Å². The molecule has 5 heteroatoms. The largest absolute Gasteiger partial charge is 0.491 e. The van der Waals surface area contributed by atoms with E-state index in [0.717, 1.165) is 17.1 Å². The molecule has 2 aromatic rings. The van der Waals surface area contributed by atoms with Crippen LogP contribution in [0, 0.1) is 5.82 Å². The quantitative estimate of drug-likeness (QED) is 0.913. The second-order valence-electron chi connectivity index (χ2n) is 4.62. The molecule has 0 aliphatic carbocycles. The smallest absolute Gasteiger partial charge is 0.231 e. The maximum atomic E-state index is 13.7. The summed E-state index contributed by atoms with van der Waals surface area (Å²) in [6.07, 6.45) is 0. The van der Waals surface area contributed by atoms with Gasteiger partial charge in [-0.3, -0.25) is 0 Å². The monoisotopic (exact) mass is 289 g/mol. The molecule has 0 bridgehead atoms. The highest BCUT2D eigenvalue weighted by Gasteiger charge is 2.13. The molecule has 4 nitrogen and oxygen atoms in total. The first-order valence-electron chi connectivity index (χ1n) is 6.81. The van der Waals surface area contributed by atoms with Crippen LogP contribution in [0.5, 0.6) is 17.2 Å². The summed E-state index contributed by atoms with van der Waals surface area (Å²) in [4.78, 5) is 0. The Morgan fingerprint density at radius 3 is 2.81 bits per heavy atom. The summed E-state index contributed by atoms with van der Waals surface area (Å²) in [6.45, 7) is 3.10. The number of anilines is 1. The number of halogens is 1. The lowest BCUT2D eigenvalue weighted by Crippen LogP contribution is -2.01. The van der Waals surface area contributed by atoms with Crippen LogP contribution in [0.3, 0.4) is 0 Å². The maximum absolute atomic E-state index is 13.7. The van der Waals surface area contributed by atoms with E-state index in [1.807, 2.05) is 25.1 Å². The fourth-order valence-electron chi connectivity index (χ4n) is 2.14. The molecule has 0 aromatic heterocycles. The molecule has 0 radical (unpaired) electrons. The molecule has 3 rings (SSSR count). The molecule has 0 amide bonds. The Morgan fingerprint density at radius 2 is 2.00 bits per heavy atom. The molecule has 1 aliphatic rings. The highest BCUT2D eigenvalue weighted by molar-refractivity contribution is 5.49. The van der Waals surface area contributed by atoms with Crippen LogP contribution >= 0.6 is 0 Å². The van der Waals surface area contributed by atoms with Crippen LogP contribution in [-0.2, 0) is 6.54 Å². The molecule has 1 N–H and O–H groups in total. The van der Waals surface area contributed by atoms with E-state index in [9.17, 15) is 4.39 Å². The van der Waals surface area contributed by atoms with Gasteiger partial charge in [0.15, 0.2) is 23.1 Å². The number of nitrogens with one attached hydrogen (secondary N) is 1. The summed E-state index contributed by atoms with van der Waals surface area (Å²) in [5.74, 6) is 1.40. The van der Waals surface area contributed by atoms with Crippen LogP contribution in [0.15, 0.2) is 36.4 Å². The summed E-state index contributed by atoms with van der Waals surface area (Å²) in [5, 5.41) is 3.17. The first-order valence-corrected chi connectivity index (χ1v) is 6.81. The predicted molar refractivity (Wildman–Crippen MR) is 77.5 cm³/mol. The van der Waals surface area contributed by atoms with Crippen LogP contribution in [0.1, 0.15) is 12.5 Å². The fourth-order valence-corrected chi connectivity index (χ4v) is 2.14. The molecule has 0 unspecified atom stereocenters. The minimum Gasteiger partial charge on any atom is -0.491 e. The predicted octanol–water partition coefficient (Wildman–Crippen LogP) is 3.57. The Kier molecular flexibility index (Phi) is 3.81. The lowest BCUT2D eigenvalue weighted by Gasteiger charge is -2.09. The van der Waals surface area contributed by atoms with Gasteiger partial charge in [-0.25, -0.2) is 4.39 Å². The Labute approximate surface area is 122 Å². The molecule has 0 saturated carbocycles. The average Bonchev–Trinajstić information content (AvgIpc) is 2.95. The summed E-state index contributed by atoms with van der Waals surface area (Å²) in [7, 11) is 0. The number of fused-ring (bicyclic) bond motifs is 1. The topological polar surface area (TPSA) is 39.7 Å². The summed E-state index contributed by atoms with van der Waals surface area (Å²) in [6, 6.07) is 10.6. The Morgan fingerprint density at radius 1 is 1.14 bits per heavy atom. The van der Waals surface area contributed by atoms with E-state index in [-0.39, 0.29) is 18.4 Å². The van der Waals surface area contributed by atoms with Crippen molar-refractivity contribution in [1.82, 2.24) is 0 Å². The van der Waals surface area contributed by atoms with Crippen molar-refractivity contribution in [3.8, 4) is 17.2 Å². The van der Waals surface area contributed by atoms with Gasteiger partial charge in [-0.1, -0.05) is 6.07 Å². The molecule has 0 atom stereocenters. The lowest BCUT2D eigenvalue weighted by molar-refractivity contribution is 0.174. The molecule has 1 aliphatic heterocycles. The van der Waals surface area contributed by atoms with E-state index in [4.69, 9.17) is 14.2 Å². The zero-order valence-corrected chi connectivity index (χ0v) is 11.7. The van der Waals surface area contributed by atoms with Crippen molar-refractivity contribution in [1.29, 1.82) is 0 Å². The normalized spacial score (nSPS) is 12.3. The number of rotatable bonds is 5. The first kappa shape index (κ1) is 13.5. The van der Waals surface area contributed by atoms with Gasteiger partial charge >= 0.3 is 0 Å². The van der Waals surface area contributed by atoms with Crippen LogP contribution in [0.25, 0.3) is 0 Å². The lowest BCUT2D eigenvalue weighted by atomic mass is 10.2. The van der Waals surface area contributed by atoms with E-state index < -0.39 is 0 Å². The third-order valence-electron chi connectivity index (χ3n) is 3.17. The summed E-state index contributed by atoms with van der Waals surface area (Å²) < 4.78 is 29.5. The summed E-state index contributed by atoms with van der Waals surface area (Å²) >= 11 is 0. The Bertz CT molecular complexity index is 645. The van der Waals surface area contributed by atoms with Crippen molar-refractivity contribution in [2.75, 3.05) is 18.7 Å². The van der Waals surface area contributed by atoms with Gasteiger partial charge in [0.2, 0.25) is 6.79 Å². The SMILES string of the molecule is CCOc1ccc(NCc2ccc3c(c2)OCO3)cc1F. The molecule has 21 heavy (non-hydrogen) atoms. The van der Waals surface area contributed by atoms with E-state index in [1.54, 1.807) is 12.1 Å².